The number of nitrogens with zero attached hydrogens (tertiary/aromatic N) is 1. The molecule has 0 unspecified atom stereocenters. The Morgan fingerprint density at radius 3 is 2.35 bits per heavy atom. The minimum absolute atomic E-state index is 0.0294. The van der Waals surface area contributed by atoms with Gasteiger partial charge in [-0.1, -0.05) is 24.3 Å². The van der Waals surface area contributed by atoms with Gasteiger partial charge >= 0.3 is 0 Å². The Morgan fingerprint density at radius 2 is 1.65 bits per heavy atom. The topological polar surface area (TPSA) is 83.6 Å². The molecule has 26 heavy (non-hydrogen) atoms. The number of hydrogen-bond donors (Lipinski definition) is 2. The number of carbonyl (C=O) groups excluding carboxylic acids is 2. The predicted octanol–water partition coefficient (Wildman–Crippen LogP) is 3.15. The first-order valence-electron chi connectivity index (χ1n) is 8.03. The second kappa shape index (κ2) is 7.33. The molecule has 2 amide bonds. The summed E-state index contributed by atoms with van der Waals surface area (Å²) in [6.07, 6.45) is 0.319. The lowest BCUT2D eigenvalue weighted by molar-refractivity contribution is -0.0571. The Labute approximate surface area is 149 Å². The highest BCUT2D eigenvalue weighted by Gasteiger charge is 2.14. The van der Waals surface area contributed by atoms with Gasteiger partial charge in [0.1, 0.15) is 5.82 Å². The first-order valence-corrected chi connectivity index (χ1v) is 8.03. The molecule has 0 fully saturated rings. The molecule has 0 aliphatic rings. The summed E-state index contributed by atoms with van der Waals surface area (Å²) >= 11 is 0. The van der Waals surface area contributed by atoms with Gasteiger partial charge in [0.2, 0.25) is 5.91 Å². The van der Waals surface area contributed by atoms with Crippen molar-refractivity contribution in [2.75, 3.05) is 6.54 Å². The van der Waals surface area contributed by atoms with Crippen LogP contribution in [0.1, 0.15) is 26.3 Å². The number of hydroxylamine groups is 2. The zero-order valence-corrected chi connectivity index (χ0v) is 13.9. The summed E-state index contributed by atoms with van der Waals surface area (Å²) in [5.41, 5.74) is 6.58. The monoisotopic (exact) mass is 352 g/mol. The zero-order valence-electron chi connectivity index (χ0n) is 13.9. The molecule has 0 saturated carbocycles. The fraction of sp³-hybridized carbons (Fsp3) is 0.100. The van der Waals surface area contributed by atoms with E-state index in [0.29, 0.717) is 28.0 Å². The molecule has 0 aromatic heterocycles. The molecule has 0 aliphatic carbocycles. The van der Waals surface area contributed by atoms with E-state index in [0.717, 1.165) is 5.39 Å². The number of hydrogen-bond acceptors (Lipinski definition) is 3. The molecule has 0 bridgehead atoms. The van der Waals surface area contributed by atoms with Crippen LogP contribution < -0.4 is 5.73 Å². The van der Waals surface area contributed by atoms with Crippen LogP contribution in [0.15, 0.2) is 60.7 Å². The molecule has 0 radical (unpaired) electrons. The Bertz CT molecular complexity index is 988. The number of benzene rings is 3. The van der Waals surface area contributed by atoms with E-state index in [9.17, 15) is 19.2 Å². The fourth-order valence-corrected chi connectivity index (χ4v) is 2.71. The maximum Gasteiger partial charge on any atom is 0.277 e. The second-order valence-corrected chi connectivity index (χ2v) is 5.95. The highest BCUT2D eigenvalue weighted by molar-refractivity contribution is 6.01. The Hall–Kier alpha value is -3.25. The van der Waals surface area contributed by atoms with Gasteiger partial charge in [-0.25, -0.2) is 9.45 Å². The van der Waals surface area contributed by atoms with Crippen LogP contribution in [0.4, 0.5) is 4.39 Å². The molecule has 0 heterocycles. The Balaban J connectivity index is 1.76. The van der Waals surface area contributed by atoms with Gasteiger partial charge in [-0.2, -0.15) is 0 Å². The van der Waals surface area contributed by atoms with Gasteiger partial charge in [-0.05, 0) is 59.2 Å². The van der Waals surface area contributed by atoms with E-state index in [1.807, 2.05) is 0 Å². The average molecular weight is 352 g/mol. The zero-order chi connectivity index (χ0) is 18.7. The number of carbonyl (C=O) groups is 2. The molecule has 3 rings (SSSR count). The van der Waals surface area contributed by atoms with Crippen LogP contribution in [0.3, 0.4) is 0 Å². The third-order valence-electron chi connectivity index (χ3n) is 4.11. The van der Waals surface area contributed by atoms with E-state index >= 15 is 0 Å². The van der Waals surface area contributed by atoms with E-state index in [1.54, 1.807) is 48.5 Å². The van der Waals surface area contributed by atoms with Gasteiger partial charge in [0.05, 0.1) is 6.54 Å². The Morgan fingerprint density at radius 1 is 0.962 bits per heavy atom. The third-order valence-corrected chi connectivity index (χ3v) is 4.11. The van der Waals surface area contributed by atoms with Gasteiger partial charge < -0.3 is 5.73 Å². The number of fused-ring (bicyclic) bond motifs is 1. The molecule has 3 aromatic rings. The quantitative estimate of drug-likeness (QED) is 0.546. The van der Waals surface area contributed by atoms with Crippen LogP contribution >= 0.6 is 0 Å². The molecule has 6 heteroatoms. The lowest BCUT2D eigenvalue weighted by Crippen LogP contribution is -2.29. The van der Waals surface area contributed by atoms with Crippen molar-refractivity contribution in [1.82, 2.24) is 5.06 Å². The standard InChI is InChI=1S/C20H17FN2O3/c21-18-3-1-2-13(10-18)8-9-23(26)20(25)16-7-5-14-4-6-15(19(22)24)11-17(14)12-16/h1-7,10-12,26H,8-9H2,(H2,22,24). The van der Waals surface area contributed by atoms with E-state index < -0.39 is 11.8 Å². The molecule has 0 spiro atoms. The highest BCUT2D eigenvalue weighted by atomic mass is 19.1. The fourth-order valence-electron chi connectivity index (χ4n) is 2.71. The first kappa shape index (κ1) is 17.6. The molecular weight excluding hydrogens is 335 g/mol. The van der Waals surface area contributed by atoms with Crippen molar-refractivity contribution in [3.8, 4) is 0 Å². The molecule has 0 saturated heterocycles. The summed E-state index contributed by atoms with van der Waals surface area (Å²) in [5, 5.41) is 12.1. The molecular formula is C20H17FN2O3. The van der Waals surface area contributed by atoms with Crippen molar-refractivity contribution in [1.29, 1.82) is 0 Å². The minimum Gasteiger partial charge on any atom is -0.366 e. The molecule has 0 aliphatic heterocycles. The summed E-state index contributed by atoms with van der Waals surface area (Å²) in [6, 6.07) is 15.9. The highest BCUT2D eigenvalue weighted by Crippen LogP contribution is 2.19. The summed E-state index contributed by atoms with van der Waals surface area (Å²) in [4.78, 5) is 23.7. The lowest BCUT2D eigenvalue weighted by atomic mass is 10.0. The maximum absolute atomic E-state index is 13.2. The normalized spacial score (nSPS) is 10.7. The number of nitrogens with two attached hydrogens (primary N) is 1. The third kappa shape index (κ3) is 3.87. The largest absolute Gasteiger partial charge is 0.366 e. The van der Waals surface area contributed by atoms with Crippen LogP contribution in [-0.2, 0) is 6.42 Å². The van der Waals surface area contributed by atoms with E-state index in [1.165, 1.54) is 12.1 Å². The van der Waals surface area contributed by atoms with Crippen LogP contribution in [0.25, 0.3) is 10.8 Å². The molecule has 5 nitrogen and oxygen atoms in total. The van der Waals surface area contributed by atoms with Gasteiger partial charge in [0.15, 0.2) is 0 Å². The molecule has 0 atom stereocenters. The molecule has 132 valence electrons. The number of rotatable bonds is 5. The summed E-state index contributed by atoms with van der Waals surface area (Å²) in [7, 11) is 0. The first-order chi connectivity index (χ1) is 12.4. The average Bonchev–Trinajstić information content (AvgIpc) is 2.64. The number of primary amides is 1. The van der Waals surface area contributed by atoms with Crippen molar-refractivity contribution in [3.63, 3.8) is 0 Å². The van der Waals surface area contributed by atoms with E-state index in [2.05, 4.69) is 0 Å². The van der Waals surface area contributed by atoms with Crippen molar-refractivity contribution in [3.05, 3.63) is 83.2 Å². The lowest BCUT2D eigenvalue weighted by Gasteiger charge is -2.15. The maximum atomic E-state index is 13.2. The van der Waals surface area contributed by atoms with Crippen molar-refractivity contribution in [2.45, 2.75) is 6.42 Å². The number of amides is 2. The smallest absolute Gasteiger partial charge is 0.277 e. The van der Waals surface area contributed by atoms with Gasteiger partial charge in [0, 0.05) is 11.1 Å². The second-order valence-electron chi connectivity index (χ2n) is 5.95. The minimum atomic E-state index is -0.576. The molecule has 3 aromatic carbocycles. The van der Waals surface area contributed by atoms with Crippen molar-refractivity contribution >= 4 is 22.6 Å². The number of halogens is 1. The van der Waals surface area contributed by atoms with Crippen LogP contribution in [0, 0.1) is 5.82 Å². The predicted molar refractivity (Wildman–Crippen MR) is 95.4 cm³/mol. The Kier molecular flexibility index (Phi) is 4.95. The summed E-state index contributed by atoms with van der Waals surface area (Å²) in [5.74, 6) is -1.49. The van der Waals surface area contributed by atoms with Crippen molar-refractivity contribution < 1.29 is 19.2 Å². The van der Waals surface area contributed by atoms with Crippen LogP contribution in [0.2, 0.25) is 0 Å². The molecule has 3 N–H and O–H groups in total. The van der Waals surface area contributed by atoms with Crippen molar-refractivity contribution in [2.24, 2.45) is 5.73 Å². The van der Waals surface area contributed by atoms with E-state index in [4.69, 9.17) is 5.73 Å². The SMILES string of the molecule is NC(=O)c1ccc2ccc(C(=O)N(O)CCc3cccc(F)c3)cc2c1. The van der Waals surface area contributed by atoms with Gasteiger partial charge in [0.25, 0.3) is 5.91 Å². The van der Waals surface area contributed by atoms with Crippen LogP contribution in [0.5, 0.6) is 0 Å². The van der Waals surface area contributed by atoms with Gasteiger partial charge in [-0.15, -0.1) is 0 Å². The summed E-state index contributed by atoms with van der Waals surface area (Å²) < 4.78 is 13.2. The van der Waals surface area contributed by atoms with E-state index in [-0.39, 0.29) is 17.9 Å². The van der Waals surface area contributed by atoms with Gasteiger partial charge in [-0.3, -0.25) is 14.8 Å². The van der Waals surface area contributed by atoms with Crippen LogP contribution in [-0.4, -0.2) is 28.6 Å². The summed E-state index contributed by atoms with van der Waals surface area (Å²) in [6.45, 7) is 0.0294.